The molecule has 2 rings (SSSR count). The lowest BCUT2D eigenvalue weighted by molar-refractivity contribution is 0.871. The largest absolute Gasteiger partial charge is 0.370 e. The minimum absolute atomic E-state index is 0.121. The van der Waals surface area contributed by atoms with E-state index in [-0.39, 0.29) is 12.0 Å². The van der Waals surface area contributed by atoms with Gasteiger partial charge >= 0.3 is 0 Å². The van der Waals surface area contributed by atoms with Crippen molar-refractivity contribution in [3.63, 3.8) is 0 Å². The molecule has 112 valence electrons. The first-order valence-electron chi connectivity index (χ1n) is 6.99. The monoisotopic (exact) mass is 349 g/mol. The summed E-state index contributed by atoms with van der Waals surface area (Å²) >= 11 is 3.48. The summed E-state index contributed by atoms with van der Waals surface area (Å²) in [5.74, 6) is 1.72. The molecule has 0 saturated heterocycles. The third-order valence-corrected chi connectivity index (χ3v) is 3.51. The molecule has 0 aliphatic heterocycles. The van der Waals surface area contributed by atoms with Crippen LogP contribution in [0.5, 0.6) is 0 Å². The zero-order valence-electron chi connectivity index (χ0n) is 12.2. The van der Waals surface area contributed by atoms with Crippen LogP contribution in [0.4, 0.5) is 17.6 Å². The van der Waals surface area contributed by atoms with Crippen LogP contribution in [0.1, 0.15) is 31.9 Å². The number of anilines is 3. The van der Waals surface area contributed by atoms with Crippen LogP contribution in [0.25, 0.3) is 0 Å². The summed E-state index contributed by atoms with van der Waals surface area (Å²) in [6, 6.07) is 10.2. The Bertz CT molecular complexity index is 602. The molecule has 4 N–H and O–H groups in total. The number of nitrogens with two attached hydrogens (primary N) is 1. The van der Waals surface area contributed by atoms with E-state index in [1.165, 1.54) is 5.56 Å². The first-order valence-corrected chi connectivity index (χ1v) is 7.78. The molecule has 0 spiro atoms. The van der Waals surface area contributed by atoms with Gasteiger partial charge in [0.1, 0.15) is 11.6 Å². The van der Waals surface area contributed by atoms with E-state index in [1.807, 2.05) is 18.2 Å². The predicted octanol–water partition coefficient (Wildman–Crippen LogP) is 3.82. The topological polar surface area (TPSA) is 75.9 Å². The maximum atomic E-state index is 5.76. The molecule has 1 aromatic heterocycles. The van der Waals surface area contributed by atoms with Crippen LogP contribution in [0.2, 0.25) is 0 Å². The second-order valence-corrected chi connectivity index (χ2v) is 5.76. The fourth-order valence-corrected chi connectivity index (χ4v) is 2.38. The summed E-state index contributed by atoms with van der Waals surface area (Å²) in [6.07, 6.45) is 1.03. The fraction of sp³-hybridized carbons (Fsp3) is 0.333. The molecule has 0 saturated carbocycles. The number of halogens is 1. The number of nitrogens with one attached hydrogen (secondary N) is 2. The molecule has 0 fully saturated rings. The van der Waals surface area contributed by atoms with Crippen molar-refractivity contribution in [3.05, 3.63) is 40.4 Å². The smallest absolute Gasteiger partial charge is 0.223 e. The van der Waals surface area contributed by atoms with Gasteiger partial charge in [-0.15, -0.1) is 0 Å². The maximum Gasteiger partial charge on any atom is 0.223 e. The quantitative estimate of drug-likeness (QED) is 0.739. The molecule has 0 amide bonds. The van der Waals surface area contributed by atoms with Crippen LogP contribution in [-0.4, -0.2) is 16.5 Å². The lowest BCUT2D eigenvalue weighted by Crippen LogP contribution is -2.11. The highest BCUT2D eigenvalue weighted by Gasteiger charge is 2.08. The van der Waals surface area contributed by atoms with Gasteiger partial charge in [0.15, 0.2) is 0 Å². The first-order chi connectivity index (χ1) is 10.1. The second-order valence-electron chi connectivity index (χ2n) is 4.84. The molecule has 0 bridgehead atoms. The van der Waals surface area contributed by atoms with Crippen molar-refractivity contribution < 1.29 is 0 Å². The van der Waals surface area contributed by atoms with Gasteiger partial charge in [-0.25, -0.2) is 0 Å². The number of hydrogen-bond acceptors (Lipinski definition) is 5. The Morgan fingerprint density at radius 1 is 1.24 bits per heavy atom. The number of rotatable bonds is 6. The Labute approximate surface area is 133 Å². The number of aromatic nitrogens is 2. The summed E-state index contributed by atoms with van der Waals surface area (Å²) in [5.41, 5.74) is 6.93. The average molecular weight is 350 g/mol. The van der Waals surface area contributed by atoms with E-state index >= 15 is 0 Å². The zero-order chi connectivity index (χ0) is 15.2. The van der Waals surface area contributed by atoms with E-state index < -0.39 is 0 Å². The van der Waals surface area contributed by atoms with Crippen molar-refractivity contribution in [1.29, 1.82) is 0 Å². The van der Waals surface area contributed by atoms with E-state index in [2.05, 4.69) is 62.5 Å². The van der Waals surface area contributed by atoms with Crippen LogP contribution < -0.4 is 16.4 Å². The molecule has 6 heteroatoms. The van der Waals surface area contributed by atoms with Gasteiger partial charge in [0.05, 0.1) is 0 Å². The van der Waals surface area contributed by atoms with E-state index in [9.17, 15) is 0 Å². The van der Waals surface area contributed by atoms with Crippen LogP contribution in [0.3, 0.4) is 0 Å². The third-order valence-electron chi connectivity index (χ3n) is 3.01. The molecule has 0 aliphatic rings. The van der Waals surface area contributed by atoms with Crippen LogP contribution in [-0.2, 0) is 0 Å². The Morgan fingerprint density at radius 2 is 2.00 bits per heavy atom. The minimum Gasteiger partial charge on any atom is -0.370 e. The highest BCUT2D eigenvalue weighted by molar-refractivity contribution is 9.10. The van der Waals surface area contributed by atoms with Gasteiger partial charge in [-0.2, -0.15) is 9.97 Å². The SMILES string of the molecule is CCCNc1cc(NC(C)c2cccc(Br)c2)nc(N)n1. The molecule has 1 atom stereocenters. The second kappa shape index (κ2) is 7.26. The fourth-order valence-electron chi connectivity index (χ4n) is 1.96. The van der Waals surface area contributed by atoms with E-state index in [1.54, 1.807) is 0 Å². The van der Waals surface area contributed by atoms with Gasteiger partial charge in [0.25, 0.3) is 0 Å². The summed E-state index contributed by atoms with van der Waals surface area (Å²) in [7, 11) is 0. The Hall–Kier alpha value is -1.82. The molecular formula is C15H20BrN5. The van der Waals surface area contributed by atoms with Crippen molar-refractivity contribution in [2.75, 3.05) is 22.9 Å². The van der Waals surface area contributed by atoms with Gasteiger partial charge in [-0.3, -0.25) is 0 Å². The van der Waals surface area contributed by atoms with Crippen molar-refractivity contribution in [2.45, 2.75) is 26.3 Å². The van der Waals surface area contributed by atoms with Gasteiger partial charge in [0.2, 0.25) is 5.95 Å². The van der Waals surface area contributed by atoms with E-state index in [0.29, 0.717) is 5.82 Å². The molecule has 1 unspecified atom stereocenters. The Morgan fingerprint density at radius 3 is 2.71 bits per heavy atom. The summed E-state index contributed by atoms with van der Waals surface area (Å²) < 4.78 is 1.06. The average Bonchev–Trinajstić information content (AvgIpc) is 2.44. The predicted molar refractivity (Wildman–Crippen MR) is 91.4 cm³/mol. The zero-order valence-corrected chi connectivity index (χ0v) is 13.8. The highest BCUT2D eigenvalue weighted by Crippen LogP contribution is 2.22. The maximum absolute atomic E-state index is 5.76. The van der Waals surface area contributed by atoms with Crippen LogP contribution in [0.15, 0.2) is 34.8 Å². The van der Waals surface area contributed by atoms with Crippen molar-refractivity contribution in [2.24, 2.45) is 0 Å². The van der Waals surface area contributed by atoms with Crippen molar-refractivity contribution in [1.82, 2.24) is 9.97 Å². The van der Waals surface area contributed by atoms with Gasteiger partial charge in [0, 0.05) is 23.1 Å². The summed E-state index contributed by atoms with van der Waals surface area (Å²) in [6.45, 7) is 5.04. The number of benzene rings is 1. The molecule has 1 aromatic carbocycles. The number of nitrogens with zero attached hydrogens (tertiary/aromatic N) is 2. The van der Waals surface area contributed by atoms with Gasteiger partial charge in [-0.1, -0.05) is 35.0 Å². The van der Waals surface area contributed by atoms with Crippen LogP contribution >= 0.6 is 15.9 Å². The lowest BCUT2D eigenvalue weighted by Gasteiger charge is -2.16. The normalized spacial score (nSPS) is 12.0. The highest BCUT2D eigenvalue weighted by atomic mass is 79.9. The molecule has 5 nitrogen and oxygen atoms in total. The van der Waals surface area contributed by atoms with Crippen molar-refractivity contribution in [3.8, 4) is 0 Å². The molecule has 21 heavy (non-hydrogen) atoms. The number of hydrogen-bond donors (Lipinski definition) is 3. The summed E-state index contributed by atoms with van der Waals surface area (Å²) in [4.78, 5) is 8.41. The van der Waals surface area contributed by atoms with Crippen LogP contribution in [0, 0.1) is 0 Å². The van der Waals surface area contributed by atoms with Crippen molar-refractivity contribution >= 4 is 33.5 Å². The minimum atomic E-state index is 0.121. The van der Waals surface area contributed by atoms with E-state index in [4.69, 9.17) is 5.73 Å². The Kier molecular flexibility index (Phi) is 5.38. The third kappa shape index (κ3) is 4.60. The molecule has 0 aliphatic carbocycles. The standard InChI is InChI=1S/C15H20BrN5/c1-3-7-18-13-9-14(21-15(17)20-13)19-10(2)11-5-4-6-12(16)8-11/h4-6,8-10H,3,7H2,1-2H3,(H4,17,18,19,20,21). The number of nitrogen functional groups attached to an aromatic ring is 1. The van der Waals surface area contributed by atoms with E-state index in [0.717, 1.165) is 23.3 Å². The summed E-state index contributed by atoms with van der Waals surface area (Å²) in [5, 5.41) is 6.57. The van der Waals surface area contributed by atoms with Gasteiger partial charge in [-0.05, 0) is 31.0 Å². The first kappa shape index (κ1) is 15.6. The molecule has 1 heterocycles. The van der Waals surface area contributed by atoms with Gasteiger partial charge < -0.3 is 16.4 Å². The lowest BCUT2D eigenvalue weighted by atomic mass is 10.1. The molecule has 2 aromatic rings. The molecular weight excluding hydrogens is 330 g/mol. The molecule has 0 radical (unpaired) electrons. The Balaban J connectivity index is 2.13.